The second kappa shape index (κ2) is 26.0. The van der Waals surface area contributed by atoms with E-state index < -0.39 is 5.66 Å². The number of methoxy groups -OCH3 is 4. The van der Waals surface area contributed by atoms with Gasteiger partial charge in [-0.25, -0.2) is 19.9 Å². The number of nitrogens with zero attached hydrogens (tertiary/aromatic N) is 10. The highest BCUT2D eigenvalue weighted by molar-refractivity contribution is 6.00. The Kier molecular flexibility index (Phi) is 17.8. The predicted octanol–water partition coefficient (Wildman–Crippen LogP) is 10.6. The number of benzene rings is 6. The molecule has 0 bridgehead atoms. The molecule has 3 aliphatic rings. The third kappa shape index (κ3) is 12.8. The lowest BCUT2D eigenvalue weighted by Gasteiger charge is -2.53. The van der Waals surface area contributed by atoms with Crippen molar-refractivity contribution < 1.29 is 18.9 Å². The first-order valence-corrected chi connectivity index (χ1v) is 29.3. The van der Waals surface area contributed by atoms with E-state index in [4.69, 9.17) is 33.9 Å². The lowest BCUT2D eigenvalue weighted by molar-refractivity contribution is 0.000748. The summed E-state index contributed by atoms with van der Waals surface area (Å²) in [5.41, 5.74) is 7.98. The standard InChI is InChI=1S/C66H80N12O4/c1-7-25-73(2)26-10-27-74-31-35-76(36-32-74)63-43-52(41-50-17-19-57(82-6)46-59(50)63)61-21-24-68-65(71-61)72-66(53-13-9-15-55(44-53)80-4)22-30-78(66)29-11-28-75-33-37-77(38-34-75)62-42-51(40-49-16-18-56(81-5)45-58(49)62)60-20-23-67-64(70-60)69-47-48-12-8-14-54(39-48)79-3/h8-9,12-21,23-24,39-46H,7,10-11,22,25-38,47H2,1-6H3,(H,67,69,70)(H,68,71,72). The van der Waals surface area contributed by atoms with Crippen molar-refractivity contribution in [1.82, 2.24) is 39.5 Å². The van der Waals surface area contributed by atoms with E-state index in [0.29, 0.717) is 18.4 Å². The average Bonchev–Trinajstić information content (AvgIpc) is 3.59. The van der Waals surface area contributed by atoms with Gasteiger partial charge < -0.3 is 44.3 Å². The molecule has 16 heteroatoms. The number of likely N-dealkylation sites (tertiary alicyclic amines) is 1. The van der Waals surface area contributed by atoms with Crippen LogP contribution in [0.5, 0.6) is 23.0 Å². The SMILES string of the molecule is CCCN(C)CCCN1CCN(c2cc(-c3ccnc(NC4(c5cccc(OC)c5)CCN4CCCN4CCN(c5cc(-c6ccnc(NCc7cccc(OC)c7)n6)cc6ccc(OC)cc56)CC4)n3)cc3ccc(OC)cc23)CC1. The summed E-state index contributed by atoms with van der Waals surface area (Å²) in [6, 6.07) is 42.4. The van der Waals surface area contributed by atoms with Crippen LogP contribution in [0.4, 0.5) is 23.3 Å². The van der Waals surface area contributed by atoms with Crippen molar-refractivity contribution in [3.63, 3.8) is 0 Å². The van der Waals surface area contributed by atoms with Crippen LogP contribution in [0.15, 0.2) is 134 Å². The zero-order chi connectivity index (χ0) is 56.4. The van der Waals surface area contributed by atoms with Crippen molar-refractivity contribution in [1.29, 1.82) is 0 Å². The highest BCUT2D eigenvalue weighted by atomic mass is 16.5. The van der Waals surface area contributed by atoms with Crippen LogP contribution in [0.2, 0.25) is 0 Å². The van der Waals surface area contributed by atoms with Crippen LogP contribution in [0, 0.1) is 0 Å². The second-order valence-electron chi connectivity index (χ2n) is 22.0. The molecule has 5 heterocycles. The molecule has 8 aromatic rings. The minimum Gasteiger partial charge on any atom is -0.497 e. The normalized spacial score (nSPS) is 17.1. The van der Waals surface area contributed by atoms with E-state index >= 15 is 0 Å². The highest BCUT2D eigenvalue weighted by Gasteiger charge is 2.47. The number of rotatable bonds is 24. The summed E-state index contributed by atoms with van der Waals surface area (Å²) >= 11 is 0. The highest BCUT2D eigenvalue weighted by Crippen LogP contribution is 2.43. The van der Waals surface area contributed by atoms with Crippen molar-refractivity contribution in [2.45, 2.75) is 44.8 Å². The lowest BCUT2D eigenvalue weighted by atomic mass is 9.86. The third-order valence-electron chi connectivity index (χ3n) is 16.9. The van der Waals surface area contributed by atoms with Crippen molar-refractivity contribution in [3.05, 3.63) is 145 Å². The molecular formula is C66H80N12O4. The van der Waals surface area contributed by atoms with Crippen LogP contribution in [0.25, 0.3) is 44.1 Å². The van der Waals surface area contributed by atoms with Gasteiger partial charge in [0.25, 0.3) is 0 Å². The van der Waals surface area contributed by atoms with Crippen LogP contribution in [0.1, 0.15) is 43.7 Å². The molecule has 2 aromatic heterocycles. The van der Waals surface area contributed by atoms with Gasteiger partial charge in [0, 0.05) is 124 Å². The van der Waals surface area contributed by atoms with E-state index in [9.17, 15) is 0 Å². The van der Waals surface area contributed by atoms with E-state index in [2.05, 4.69) is 138 Å². The zero-order valence-corrected chi connectivity index (χ0v) is 48.7. The zero-order valence-electron chi connectivity index (χ0n) is 48.7. The predicted molar refractivity (Wildman–Crippen MR) is 332 cm³/mol. The Labute approximate surface area is 484 Å². The number of fused-ring (bicyclic) bond motifs is 2. The van der Waals surface area contributed by atoms with Gasteiger partial charge in [-0.05, 0) is 159 Å². The molecule has 3 aliphatic heterocycles. The first-order chi connectivity index (χ1) is 40.2. The largest absolute Gasteiger partial charge is 0.497 e. The van der Waals surface area contributed by atoms with Gasteiger partial charge in [0.2, 0.25) is 11.9 Å². The first-order valence-electron chi connectivity index (χ1n) is 29.3. The summed E-state index contributed by atoms with van der Waals surface area (Å²) in [6.45, 7) is 16.8. The number of nitrogens with one attached hydrogen (secondary N) is 2. The Hall–Kier alpha value is -7.76. The Balaban J connectivity index is 0.769. The Bertz CT molecular complexity index is 3440. The maximum absolute atomic E-state index is 5.81. The van der Waals surface area contributed by atoms with Gasteiger partial charge in [0.05, 0.1) is 39.8 Å². The molecule has 11 rings (SSSR count). The molecule has 16 nitrogen and oxygen atoms in total. The van der Waals surface area contributed by atoms with E-state index in [0.717, 1.165) is 172 Å². The van der Waals surface area contributed by atoms with Gasteiger partial charge in [-0.15, -0.1) is 0 Å². The van der Waals surface area contributed by atoms with Crippen LogP contribution < -0.4 is 39.4 Å². The molecule has 0 amide bonds. The Morgan fingerprint density at radius 1 is 0.537 bits per heavy atom. The number of anilines is 4. The average molecular weight is 1110 g/mol. The maximum Gasteiger partial charge on any atom is 0.224 e. The van der Waals surface area contributed by atoms with Gasteiger partial charge >= 0.3 is 0 Å². The molecule has 6 aromatic carbocycles. The maximum atomic E-state index is 5.81. The Morgan fingerprint density at radius 2 is 1.09 bits per heavy atom. The van der Waals surface area contributed by atoms with Crippen LogP contribution in [0.3, 0.4) is 0 Å². The molecule has 3 fully saturated rings. The topological polar surface area (TPSA) is 132 Å². The van der Waals surface area contributed by atoms with E-state index in [1.54, 1.807) is 28.4 Å². The summed E-state index contributed by atoms with van der Waals surface area (Å²) in [4.78, 5) is 35.1. The van der Waals surface area contributed by atoms with E-state index in [1.807, 2.05) is 54.9 Å². The summed E-state index contributed by atoms with van der Waals surface area (Å²) in [6.07, 6.45) is 8.03. The molecule has 3 saturated heterocycles. The van der Waals surface area contributed by atoms with Crippen molar-refractivity contribution in [2.75, 3.05) is 148 Å². The number of hydrogen-bond acceptors (Lipinski definition) is 16. The third-order valence-corrected chi connectivity index (χ3v) is 16.9. The van der Waals surface area contributed by atoms with Crippen LogP contribution in [-0.4, -0.2) is 167 Å². The number of aromatic nitrogens is 4. The van der Waals surface area contributed by atoms with Gasteiger partial charge in [-0.2, -0.15) is 0 Å². The monoisotopic (exact) mass is 1100 g/mol. The van der Waals surface area contributed by atoms with Crippen LogP contribution >= 0.6 is 0 Å². The van der Waals surface area contributed by atoms with Gasteiger partial charge in [-0.1, -0.05) is 43.3 Å². The van der Waals surface area contributed by atoms with E-state index in [-0.39, 0.29) is 0 Å². The summed E-state index contributed by atoms with van der Waals surface area (Å²) in [7, 11) is 9.13. The Morgan fingerprint density at radius 3 is 1.66 bits per heavy atom. The molecule has 428 valence electrons. The minimum absolute atomic E-state index is 0.508. The van der Waals surface area contributed by atoms with Gasteiger partial charge in [0.15, 0.2) is 0 Å². The molecule has 0 radical (unpaired) electrons. The lowest BCUT2D eigenvalue weighted by Crippen LogP contribution is -2.62. The van der Waals surface area contributed by atoms with Gasteiger partial charge in [-0.3, -0.25) is 14.7 Å². The van der Waals surface area contributed by atoms with Crippen molar-refractivity contribution in [2.24, 2.45) is 0 Å². The molecule has 1 atom stereocenters. The number of hydrogen-bond donors (Lipinski definition) is 2. The molecule has 1 unspecified atom stereocenters. The first kappa shape index (κ1) is 56.1. The summed E-state index contributed by atoms with van der Waals surface area (Å²) in [5, 5.41) is 12.0. The van der Waals surface area contributed by atoms with Crippen molar-refractivity contribution >= 4 is 44.8 Å². The molecule has 0 saturated carbocycles. The summed E-state index contributed by atoms with van der Waals surface area (Å²) < 4.78 is 22.8. The van der Waals surface area contributed by atoms with Gasteiger partial charge in [0.1, 0.15) is 28.7 Å². The minimum atomic E-state index is -0.508. The van der Waals surface area contributed by atoms with E-state index in [1.165, 1.54) is 35.0 Å². The fraction of sp³-hybridized carbons (Fsp3) is 0.394. The molecule has 0 spiro atoms. The fourth-order valence-electron chi connectivity index (χ4n) is 12.2. The molecule has 82 heavy (non-hydrogen) atoms. The fourth-order valence-corrected chi connectivity index (χ4v) is 12.2. The number of ether oxygens (including phenoxy) is 4. The summed E-state index contributed by atoms with van der Waals surface area (Å²) in [5.74, 6) is 4.53. The van der Waals surface area contributed by atoms with Crippen molar-refractivity contribution in [3.8, 4) is 45.5 Å². The quantitative estimate of drug-likeness (QED) is 0.0594. The molecule has 2 N–H and O–H groups in total. The molecule has 0 aliphatic carbocycles. The van der Waals surface area contributed by atoms with Crippen LogP contribution in [-0.2, 0) is 12.2 Å². The number of piperazine rings is 2. The molecular weight excluding hydrogens is 1020 g/mol. The smallest absolute Gasteiger partial charge is 0.224 e. The second-order valence-corrected chi connectivity index (χ2v) is 22.0.